The van der Waals surface area contributed by atoms with Crippen molar-refractivity contribution in [3.8, 4) is 0 Å². The van der Waals surface area contributed by atoms with Crippen LogP contribution >= 0.6 is 0 Å². The van der Waals surface area contributed by atoms with Crippen LogP contribution in [0.1, 0.15) is 39.5 Å². The number of rotatable bonds is 3. The lowest BCUT2D eigenvalue weighted by molar-refractivity contribution is -0.143. The molecule has 2 aliphatic rings. The predicted molar refractivity (Wildman–Crippen MR) is 73.5 cm³/mol. The first-order valence-corrected chi connectivity index (χ1v) is 7.26. The maximum Gasteiger partial charge on any atom is 0.242 e. The molecule has 0 atom stereocenters. The van der Waals surface area contributed by atoms with Crippen LogP contribution in [0.3, 0.4) is 0 Å². The number of likely N-dealkylation sites (N-methyl/N-ethyl adjacent to an activating group) is 1. The second-order valence-corrected chi connectivity index (χ2v) is 6.15. The number of hydrogen-bond acceptors (Lipinski definition) is 3. The summed E-state index contributed by atoms with van der Waals surface area (Å²) in [6.45, 7) is 8.07. The van der Waals surface area contributed by atoms with Crippen LogP contribution < -0.4 is 5.32 Å². The molecule has 0 radical (unpaired) electrons. The Morgan fingerprint density at radius 1 is 1.22 bits per heavy atom. The Bertz CT molecular complexity index is 291. The number of nitrogens with zero attached hydrogens (tertiary/aromatic N) is 2. The van der Waals surface area contributed by atoms with E-state index in [4.69, 9.17) is 0 Å². The fraction of sp³-hybridized carbons (Fsp3) is 0.929. The van der Waals surface area contributed by atoms with Gasteiger partial charge in [-0.1, -0.05) is 12.8 Å². The van der Waals surface area contributed by atoms with Crippen molar-refractivity contribution < 1.29 is 4.79 Å². The van der Waals surface area contributed by atoms with Crippen molar-refractivity contribution in [1.29, 1.82) is 0 Å². The molecule has 0 unspecified atom stereocenters. The van der Waals surface area contributed by atoms with Crippen molar-refractivity contribution in [3.63, 3.8) is 0 Å². The van der Waals surface area contributed by atoms with Crippen molar-refractivity contribution in [2.24, 2.45) is 0 Å². The monoisotopic (exact) mass is 253 g/mol. The summed E-state index contributed by atoms with van der Waals surface area (Å²) >= 11 is 0. The second-order valence-electron chi connectivity index (χ2n) is 6.15. The second kappa shape index (κ2) is 5.57. The van der Waals surface area contributed by atoms with Gasteiger partial charge in [-0.2, -0.15) is 0 Å². The highest BCUT2D eigenvalue weighted by Crippen LogP contribution is 2.26. The van der Waals surface area contributed by atoms with Crippen molar-refractivity contribution in [2.75, 3.05) is 33.2 Å². The van der Waals surface area contributed by atoms with E-state index in [-0.39, 0.29) is 11.4 Å². The van der Waals surface area contributed by atoms with Crippen LogP contribution in [0, 0.1) is 0 Å². The minimum atomic E-state index is -0.362. The van der Waals surface area contributed by atoms with Crippen LogP contribution in [-0.4, -0.2) is 60.5 Å². The summed E-state index contributed by atoms with van der Waals surface area (Å²) in [5, 5.41) is 3.34. The van der Waals surface area contributed by atoms with E-state index in [0.29, 0.717) is 6.04 Å². The Morgan fingerprint density at radius 3 is 2.33 bits per heavy atom. The molecule has 4 heteroatoms. The van der Waals surface area contributed by atoms with E-state index in [1.165, 1.54) is 25.7 Å². The van der Waals surface area contributed by atoms with Gasteiger partial charge in [0.2, 0.25) is 5.91 Å². The minimum Gasteiger partial charge on any atom is -0.341 e. The van der Waals surface area contributed by atoms with Crippen LogP contribution in [0.15, 0.2) is 0 Å². The molecule has 0 aromatic heterocycles. The first-order chi connectivity index (χ1) is 8.53. The van der Waals surface area contributed by atoms with Gasteiger partial charge in [-0.05, 0) is 26.7 Å². The highest BCUT2D eigenvalue weighted by molar-refractivity contribution is 5.85. The molecule has 1 saturated carbocycles. The lowest BCUT2D eigenvalue weighted by atomic mass is 9.98. The lowest BCUT2D eigenvalue weighted by Gasteiger charge is -2.43. The summed E-state index contributed by atoms with van der Waals surface area (Å²) in [7, 11) is 1.99. The van der Waals surface area contributed by atoms with Crippen molar-refractivity contribution in [3.05, 3.63) is 0 Å². The molecule has 1 aliphatic carbocycles. The SMILES string of the molecule is CN(C(=O)C(C)(C)N1CCNCC1)C1CCCC1. The molecule has 2 rings (SSSR count). The van der Waals surface area contributed by atoms with Gasteiger partial charge in [0.15, 0.2) is 0 Å². The van der Waals surface area contributed by atoms with Gasteiger partial charge in [-0.15, -0.1) is 0 Å². The number of nitrogens with one attached hydrogen (secondary N) is 1. The Kier molecular flexibility index (Phi) is 4.28. The summed E-state index contributed by atoms with van der Waals surface area (Å²) in [5.41, 5.74) is -0.362. The highest BCUT2D eigenvalue weighted by atomic mass is 16.2. The molecule has 0 spiro atoms. The molecule has 0 aromatic carbocycles. The van der Waals surface area contributed by atoms with E-state index >= 15 is 0 Å². The summed E-state index contributed by atoms with van der Waals surface area (Å²) in [5.74, 6) is 0.288. The molecule has 18 heavy (non-hydrogen) atoms. The third-order valence-corrected chi connectivity index (χ3v) is 4.62. The number of amides is 1. The van der Waals surface area contributed by atoms with Crippen molar-refractivity contribution >= 4 is 5.91 Å². The molecule has 0 aromatic rings. The first-order valence-electron chi connectivity index (χ1n) is 7.26. The summed E-state index contributed by atoms with van der Waals surface area (Å²) < 4.78 is 0. The normalized spacial score (nSPS) is 23.3. The molecule has 2 fully saturated rings. The lowest BCUT2D eigenvalue weighted by Crippen LogP contribution is -2.61. The van der Waals surface area contributed by atoms with E-state index in [0.717, 1.165) is 26.2 Å². The molecule has 1 heterocycles. The van der Waals surface area contributed by atoms with Gasteiger partial charge in [-0.25, -0.2) is 0 Å². The highest BCUT2D eigenvalue weighted by Gasteiger charge is 2.39. The Morgan fingerprint density at radius 2 is 1.78 bits per heavy atom. The average molecular weight is 253 g/mol. The zero-order chi connectivity index (χ0) is 13.2. The molecule has 1 saturated heterocycles. The fourth-order valence-corrected chi connectivity index (χ4v) is 3.25. The standard InChI is InChI=1S/C14H27N3O/c1-14(2,17-10-8-15-9-11-17)13(18)16(3)12-6-4-5-7-12/h12,15H,4-11H2,1-3H3. The van der Waals surface area contributed by atoms with Gasteiger partial charge in [0.25, 0.3) is 0 Å². The third-order valence-electron chi connectivity index (χ3n) is 4.62. The zero-order valence-corrected chi connectivity index (χ0v) is 12.0. The van der Waals surface area contributed by atoms with Crippen molar-refractivity contribution in [1.82, 2.24) is 15.1 Å². The summed E-state index contributed by atoms with van der Waals surface area (Å²) in [4.78, 5) is 17.0. The largest absolute Gasteiger partial charge is 0.341 e. The van der Waals surface area contributed by atoms with Gasteiger partial charge >= 0.3 is 0 Å². The van der Waals surface area contributed by atoms with E-state index in [1.54, 1.807) is 0 Å². The van der Waals surface area contributed by atoms with Crippen LogP contribution in [0.5, 0.6) is 0 Å². The van der Waals surface area contributed by atoms with Gasteiger partial charge < -0.3 is 10.2 Å². The van der Waals surface area contributed by atoms with Crippen molar-refractivity contribution in [2.45, 2.75) is 51.1 Å². The Balaban J connectivity index is 2.00. The molecule has 4 nitrogen and oxygen atoms in total. The van der Waals surface area contributed by atoms with Crippen LogP contribution in [0.4, 0.5) is 0 Å². The molecule has 1 aliphatic heterocycles. The minimum absolute atomic E-state index is 0.288. The molecule has 1 N–H and O–H groups in total. The molecule has 0 bridgehead atoms. The quantitative estimate of drug-likeness (QED) is 0.817. The van der Waals surface area contributed by atoms with Crippen LogP contribution in [0.25, 0.3) is 0 Å². The summed E-state index contributed by atoms with van der Waals surface area (Å²) in [6, 6.07) is 0.472. The first kappa shape index (κ1) is 13.8. The average Bonchev–Trinajstić information content (AvgIpc) is 2.92. The topological polar surface area (TPSA) is 35.6 Å². The van der Waals surface area contributed by atoms with Gasteiger partial charge in [0, 0.05) is 39.3 Å². The van der Waals surface area contributed by atoms with Crippen LogP contribution in [-0.2, 0) is 4.79 Å². The maximum atomic E-state index is 12.7. The fourth-order valence-electron chi connectivity index (χ4n) is 3.25. The van der Waals surface area contributed by atoms with Gasteiger partial charge in [0.05, 0.1) is 5.54 Å². The number of hydrogen-bond donors (Lipinski definition) is 1. The van der Waals surface area contributed by atoms with Gasteiger partial charge in [0.1, 0.15) is 0 Å². The van der Waals surface area contributed by atoms with Crippen LogP contribution in [0.2, 0.25) is 0 Å². The number of carbonyl (C=O) groups excluding carboxylic acids is 1. The van der Waals surface area contributed by atoms with E-state index in [2.05, 4.69) is 24.1 Å². The zero-order valence-electron chi connectivity index (χ0n) is 12.0. The summed E-state index contributed by atoms with van der Waals surface area (Å²) in [6.07, 6.45) is 4.91. The molecular formula is C14H27N3O. The molecular weight excluding hydrogens is 226 g/mol. The van der Waals surface area contributed by atoms with E-state index < -0.39 is 0 Å². The molecule has 1 amide bonds. The maximum absolute atomic E-state index is 12.7. The number of carbonyl (C=O) groups is 1. The van der Waals surface area contributed by atoms with E-state index in [9.17, 15) is 4.79 Å². The Labute approximate surface area is 111 Å². The smallest absolute Gasteiger partial charge is 0.242 e. The predicted octanol–water partition coefficient (Wildman–Crippen LogP) is 1.07. The number of piperazine rings is 1. The molecule has 104 valence electrons. The van der Waals surface area contributed by atoms with E-state index in [1.807, 2.05) is 11.9 Å². The third kappa shape index (κ3) is 2.69. The Hall–Kier alpha value is -0.610. The van der Waals surface area contributed by atoms with Gasteiger partial charge in [-0.3, -0.25) is 9.69 Å².